The van der Waals surface area contributed by atoms with E-state index in [4.69, 9.17) is 17.2 Å². The Morgan fingerprint density at radius 1 is 1.20 bits per heavy atom. The van der Waals surface area contributed by atoms with Gasteiger partial charge in [0.25, 0.3) is 0 Å². The molecule has 0 aliphatic carbocycles. The molecule has 2 aliphatic rings. The number of primary amides is 2. The molecule has 2 unspecified atom stereocenters. The van der Waals surface area contributed by atoms with Gasteiger partial charge in [0.2, 0.25) is 17.7 Å². The summed E-state index contributed by atoms with van der Waals surface area (Å²) in [6, 6.07) is -1.89. The zero-order chi connectivity index (χ0) is 18.8. The minimum atomic E-state index is -1.12. The third-order valence-electron chi connectivity index (χ3n) is 5.31. The summed E-state index contributed by atoms with van der Waals surface area (Å²) in [6.45, 7) is 0.262. The van der Waals surface area contributed by atoms with Gasteiger partial charge in [0.05, 0.1) is 18.2 Å². The van der Waals surface area contributed by atoms with Crippen LogP contribution in [-0.4, -0.2) is 81.3 Å². The number of aliphatic hydroxyl groups is 2. The Morgan fingerprint density at radius 2 is 1.88 bits per heavy atom. The van der Waals surface area contributed by atoms with Crippen LogP contribution in [0.25, 0.3) is 0 Å². The SMILES string of the molecule is NC(=O)CC[C@H](N)C(=O)N1CCCC12CCN([C@@H](CO)C(N)=O)C2O. The second-order valence-electron chi connectivity index (χ2n) is 6.77. The Bertz CT molecular complexity index is 544. The largest absolute Gasteiger partial charge is 0.394 e. The maximum absolute atomic E-state index is 12.7. The highest BCUT2D eigenvalue weighted by Gasteiger charge is 2.56. The fraction of sp³-hybridized carbons (Fsp3) is 0.800. The number of rotatable bonds is 7. The lowest BCUT2D eigenvalue weighted by atomic mass is 9.92. The average Bonchev–Trinajstić information content (AvgIpc) is 3.12. The first-order chi connectivity index (χ1) is 11.7. The molecule has 3 amide bonds. The molecule has 10 nitrogen and oxygen atoms in total. The quantitative estimate of drug-likeness (QED) is 0.319. The summed E-state index contributed by atoms with van der Waals surface area (Å²) in [5, 5.41) is 20.2. The second kappa shape index (κ2) is 7.65. The molecule has 0 bridgehead atoms. The summed E-state index contributed by atoms with van der Waals surface area (Å²) in [7, 11) is 0. The zero-order valence-electron chi connectivity index (χ0n) is 14.1. The molecule has 2 rings (SSSR count). The first kappa shape index (κ1) is 19.6. The Morgan fingerprint density at radius 3 is 2.44 bits per heavy atom. The standard InChI is InChI=1S/C15H27N5O5/c16-9(2-3-11(17)22)13(24)20-6-1-4-15(20)5-7-19(14(15)25)10(8-21)12(18)23/h9-10,14,21,25H,1-8,16H2,(H2,17,22)(H2,18,23)/t9-,10-,14?,15?/m0/s1. The summed E-state index contributed by atoms with van der Waals surface area (Å²) >= 11 is 0. The van der Waals surface area contributed by atoms with Crippen molar-refractivity contribution in [1.29, 1.82) is 0 Å². The molecule has 2 aliphatic heterocycles. The van der Waals surface area contributed by atoms with Gasteiger partial charge in [0, 0.05) is 19.5 Å². The second-order valence-corrected chi connectivity index (χ2v) is 6.77. The molecule has 0 radical (unpaired) electrons. The van der Waals surface area contributed by atoms with Gasteiger partial charge in [-0.3, -0.25) is 19.3 Å². The number of carbonyl (C=O) groups is 3. The lowest BCUT2D eigenvalue weighted by molar-refractivity contribution is -0.147. The van der Waals surface area contributed by atoms with Gasteiger partial charge < -0.3 is 32.3 Å². The molecule has 25 heavy (non-hydrogen) atoms. The summed E-state index contributed by atoms with van der Waals surface area (Å²) in [5.74, 6) is -1.61. The molecule has 8 N–H and O–H groups in total. The first-order valence-corrected chi connectivity index (χ1v) is 8.44. The summed E-state index contributed by atoms with van der Waals surface area (Å²) in [6.07, 6.45) is 0.742. The normalized spacial score (nSPS) is 29.1. The maximum Gasteiger partial charge on any atom is 0.240 e. The van der Waals surface area contributed by atoms with Gasteiger partial charge in [0.1, 0.15) is 12.3 Å². The van der Waals surface area contributed by atoms with E-state index >= 15 is 0 Å². The Balaban J connectivity index is 2.15. The van der Waals surface area contributed by atoms with E-state index < -0.39 is 42.3 Å². The van der Waals surface area contributed by atoms with E-state index in [1.54, 1.807) is 4.90 Å². The molecule has 10 heteroatoms. The van der Waals surface area contributed by atoms with Crippen molar-refractivity contribution in [3.05, 3.63) is 0 Å². The highest BCUT2D eigenvalue weighted by molar-refractivity contribution is 5.84. The first-order valence-electron chi connectivity index (χ1n) is 8.44. The van der Waals surface area contributed by atoms with Crippen LogP contribution in [-0.2, 0) is 14.4 Å². The predicted octanol–water partition coefficient (Wildman–Crippen LogP) is -3.19. The molecular formula is C15H27N5O5. The van der Waals surface area contributed by atoms with Gasteiger partial charge in [-0.1, -0.05) is 0 Å². The lowest BCUT2D eigenvalue weighted by Crippen LogP contribution is -2.61. The zero-order valence-corrected chi connectivity index (χ0v) is 14.1. The Labute approximate surface area is 145 Å². The van der Waals surface area contributed by atoms with Crippen LogP contribution in [0.4, 0.5) is 0 Å². The summed E-state index contributed by atoms with van der Waals surface area (Å²) in [5.41, 5.74) is 15.4. The van der Waals surface area contributed by atoms with Crippen molar-refractivity contribution < 1.29 is 24.6 Å². The number of aliphatic hydroxyl groups excluding tert-OH is 2. The van der Waals surface area contributed by atoms with Gasteiger partial charge in [-0.15, -0.1) is 0 Å². The molecule has 0 aromatic carbocycles. The smallest absolute Gasteiger partial charge is 0.240 e. The minimum absolute atomic E-state index is 0.0106. The van der Waals surface area contributed by atoms with Crippen LogP contribution in [0.2, 0.25) is 0 Å². The van der Waals surface area contributed by atoms with Crippen molar-refractivity contribution in [2.75, 3.05) is 19.7 Å². The van der Waals surface area contributed by atoms with E-state index in [2.05, 4.69) is 0 Å². The molecule has 2 saturated heterocycles. The van der Waals surface area contributed by atoms with E-state index in [0.717, 1.165) is 0 Å². The molecule has 2 fully saturated rings. The monoisotopic (exact) mass is 357 g/mol. The van der Waals surface area contributed by atoms with Crippen LogP contribution in [0.15, 0.2) is 0 Å². The van der Waals surface area contributed by atoms with E-state index in [1.807, 2.05) is 0 Å². The topological polar surface area (TPSA) is 176 Å². The fourth-order valence-corrected chi connectivity index (χ4v) is 3.95. The molecule has 2 heterocycles. The number of likely N-dealkylation sites (tertiary alicyclic amines) is 2. The van der Waals surface area contributed by atoms with E-state index in [1.165, 1.54) is 4.90 Å². The van der Waals surface area contributed by atoms with Gasteiger partial charge in [-0.2, -0.15) is 0 Å². The Kier molecular flexibility index (Phi) is 5.99. The molecule has 0 aromatic rings. The van der Waals surface area contributed by atoms with Crippen LogP contribution >= 0.6 is 0 Å². The highest BCUT2D eigenvalue weighted by Crippen LogP contribution is 2.42. The van der Waals surface area contributed by atoms with E-state index in [9.17, 15) is 24.6 Å². The Hall–Kier alpha value is -1.75. The number of carbonyl (C=O) groups excluding carboxylic acids is 3. The van der Waals surface area contributed by atoms with Crippen LogP contribution in [0, 0.1) is 0 Å². The van der Waals surface area contributed by atoms with Crippen molar-refractivity contribution in [2.45, 2.75) is 56.0 Å². The van der Waals surface area contributed by atoms with Crippen molar-refractivity contribution in [1.82, 2.24) is 9.80 Å². The van der Waals surface area contributed by atoms with E-state index in [-0.39, 0.29) is 18.7 Å². The van der Waals surface area contributed by atoms with Gasteiger partial charge >= 0.3 is 0 Å². The molecule has 0 aromatic heterocycles. The van der Waals surface area contributed by atoms with Crippen molar-refractivity contribution in [3.63, 3.8) is 0 Å². The van der Waals surface area contributed by atoms with Crippen LogP contribution < -0.4 is 17.2 Å². The number of amides is 3. The van der Waals surface area contributed by atoms with Gasteiger partial charge in [0.15, 0.2) is 0 Å². The highest BCUT2D eigenvalue weighted by atomic mass is 16.3. The van der Waals surface area contributed by atoms with Crippen molar-refractivity contribution in [2.24, 2.45) is 17.2 Å². The third-order valence-corrected chi connectivity index (χ3v) is 5.31. The number of hydrogen-bond donors (Lipinski definition) is 5. The minimum Gasteiger partial charge on any atom is -0.394 e. The summed E-state index contributed by atoms with van der Waals surface area (Å²) < 4.78 is 0. The maximum atomic E-state index is 12.7. The number of hydrogen-bond acceptors (Lipinski definition) is 7. The van der Waals surface area contributed by atoms with Crippen LogP contribution in [0.1, 0.15) is 32.1 Å². The molecule has 1 spiro atoms. The van der Waals surface area contributed by atoms with Crippen LogP contribution in [0.3, 0.4) is 0 Å². The van der Waals surface area contributed by atoms with Crippen molar-refractivity contribution >= 4 is 17.7 Å². The fourth-order valence-electron chi connectivity index (χ4n) is 3.95. The van der Waals surface area contributed by atoms with Crippen molar-refractivity contribution in [3.8, 4) is 0 Å². The average molecular weight is 357 g/mol. The molecule has 0 saturated carbocycles. The molecular weight excluding hydrogens is 330 g/mol. The molecule has 142 valence electrons. The lowest BCUT2D eigenvalue weighted by Gasteiger charge is -2.41. The summed E-state index contributed by atoms with van der Waals surface area (Å²) in [4.78, 5) is 38.1. The number of nitrogens with two attached hydrogens (primary N) is 3. The number of nitrogens with zero attached hydrogens (tertiary/aromatic N) is 2. The van der Waals surface area contributed by atoms with E-state index in [0.29, 0.717) is 32.4 Å². The van der Waals surface area contributed by atoms with Gasteiger partial charge in [-0.05, 0) is 25.7 Å². The molecule has 4 atom stereocenters. The van der Waals surface area contributed by atoms with Gasteiger partial charge in [-0.25, -0.2) is 0 Å². The predicted molar refractivity (Wildman–Crippen MR) is 87.5 cm³/mol. The van der Waals surface area contributed by atoms with Crippen LogP contribution in [0.5, 0.6) is 0 Å². The third kappa shape index (κ3) is 3.61.